The van der Waals surface area contributed by atoms with Gasteiger partial charge in [0.2, 0.25) is 0 Å². The van der Waals surface area contributed by atoms with Gasteiger partial charge in [-0.1, -0.05) is 20.3 Å². The molecule has 80 valence electrons. The Balaban J connectivity index is 4.19. The first-order chi connectivity index (χ1) is 6.14. The molecule has 0 saturated carbocycles. The zero-order valence-corrected chi connectivity index (χ0v) is 10.0. The van der Waals surface area contributed by atoms with E-state index < -0.39 is 8.80 Å². The van der Waals surface area contributed by atoms with Crippen LogP contribution >= 0.6 is 0 Å². The Hall–Kier alpha value is 0.0569. The average molecular weight is 207 g/mol. The molecule has 4 nitrogen and oxygen atoms in total. The lowest BCUT2D eigenvalue weighted by Crippen LogP contribution is -2.48. The van der Waals surface area contributed by atoms with Crippen molar-refractivity contribution >= 4 is 8.80 Å². The second-order valence-corrected chi connectivity index (χ2v) is 5.82. The molecular formula is C8H21NO3Si. The van der Waals surface area contributed by atoms with E-state index in [2.05, 4.69) is 6.92 Å². The SMILES string of the molecule is CCC[Si](OC)(OC)OC(N)CC. The van der Waals surface area contributed by atoms with E-state index in [1.54, 1.807) is 14.2 Å². The normalized spacial score (nSPS) is 14.5. The molecule has 5 heteroatoms. The highest BCUT2D eigenvalue weighted by Gasteiger charge is 2.39. The predicted molar refractivity (Wildman–Crippen MR) is 54.2 cm³/mol. The highest BCUT2D eigenvalue weighted by atomic mass is 28.4. The highest BCUT2D eigenvalue weighted by Crippen LogP contribution is 2.17. The van der Waals surface area contributed by atoms with E-state index in [0.29, 0.717) is 0 Å². The molecule has 0 saturated heterocycles. The van der Waals surface area contributed by atoms with Crippen LogP contribution in [0.25, 0.3) is 0 Å². The monoisotopic (exact) mass is 207 g/mol. The third-order valence-corrected chi connectivity index (χ3v) is 4.93. The summed E-state index contributed by atoms with van der Waals surface area (Å²) in [6, 6.07) is 0.813. The van der Waals surface area contributed by atoms with Crippen molar-refractivity contribution in [2.45, 2.75) is 39.0 Å². The molecule has 0 amide bonds. The quantitative estimate of drug-likeness (QED) is 0.505. The van der Waals surface area contributed by atoms with Gasteiger partial charge < -0.3 is 19.0 Å². The van der Waals surface area contributed by atoms with Crippen molar-refractivity contribution in [3.05, 3.63) is 0 Å². The molecule has 0 aromatic heterocycles. The number of hydrogen-bond donors (Lipinski definition) is 1. The molecule has 1 unspecified atom stereocenters. The van der Waals surface area contributed by atoms with Gasteiger partial charge in [0.15, 0.2) is 0 Å². The summed E-state index contributed by atoms with van der Waals surface area (Å²) < 4.78 is 16.2. The van der Waals surface area contributed by atoms with Gasteiger partial charge in [0.05, 0.1) is 6.23 Å². The topological polar surface area (TPSA) is 53.7 Å². The molecule has 0 rings (SSSR count). The van der Waals surface area contributed by atoms with Crippen LogP contribution in [0.3, 0.4) is 0 Å². The first-order valence-electron chi connectivity index (χ1n) is 4.67. The molecule has 0 fully saturated rings. The van der Waals surface area contributed by atoms with Crippen LogP contribution < -0.4 is 5.73 Å². The van der Waals surface area contributed by atoms with E-state index in [-0.39, 0.29) is 6.23 Å². The minimum atomic E-state index is -2.45. The summed E-state index contributed by atoms with van der Waals surface area (Å²) in [7, 11) is 0.785. The van der Waals surface area contributed by atoms with Gasteiger partial charge in [0, 0.05) is 20.3 Å². The molecule has 0 aliphatic carbocycles. The molecule has 0 bridgehead atoms. The van der Waals surface area contributed by atoms with Crippen molar-refractivity contribution in [1.82, 2.24) is 0 Å². The van der Waals surface area contributed by atoms with E-state index in [9.17, 15) is 0 Å². The molecule has 2 N–H and O–H groups in total. The minimum absolute atomic E-state index is 0.280. The van der Waals surface area contributed by atoms with Crippen LogP contribution in [0.4, 0.5) is 0 Å². The highest BCUT2D eigenvalue weighted by molar-refractivity contribution is 6.60. The second kappa shape index (κ2) is 6.50. The summed E-state index contributed by atoms with van der Waals surface area (Å²) in [5.41, 5.74) is 5.69. The van der Waals surface area contributed by atoms with Gasteiger partial charge in [-0.05, 0) is 6.42 Å². The van der Waals surface area contributed by atoms with Crippen LogP contribution in [-0.2, 0) is 13.3 Å². The first-order valence-corrected chi connectivity index (χ1v) is 6.61. The molecule has 13 heavy (non-hydrogen) atoms. The van der Waals surface area contributed by atoms with Gasteiger partial charge in [-0.2, -0.15) is 0 Å². The smallest absolute Gasteiger partial charge is 0.377 e. The Labute approximate surface area is 81.7 Å². The second-order valence-electron chi connectivity index (χ2n) is 2.91. The van der Waals surface area contributed by atoms with Crippen LogP contribution in [0.5, 0.6) is 0 Å². The lowest BCUT2D eigenvalue weighted by atomic mass is 10.5. The van der Waals surface area contributed by atoms with Crippen LogP contribution in [0.2, 0.25) is 6.04 Å². The summed E-state index contributed by atoms with van der Waals surface area (Å²) in [4.78, 5) is 0. The zero-order valence-electron chi connectivity index (χ0n) is 9.00. The van der Waals surface area contributed by atoms with E-state index in [1.807, 2.05) is 6.92 Å². The van der Waals surface area contributed by atoms with Crippen molar-refractivity contribution in [3.63, 3.8) is 0 Å². The number of rotatable bonds is 7. The molecule has 0 spiro atoms. The van der Waals surface area contributed by atoms with E-state index in [1.165, 1.54) is 0 Å². The molecule has 1 atom stereocenters. The Bertz CT molecular complexity index is 131. The van der Waals surface area contributed by atoms with Gasteiger partial charge in [0.1, 0.15) is 0 Å². The maximum absolute atomic E-state index is 5.69. The molecular weight excluding hydrogens is 186 g/mol. The lowest BCUT2D eigenvalue weighted by molar-refractivity contribution is 0.0559. The standard InChI is InChI=1S/C8H21NO3Si/c1-5-7-13(10-3,11-4)12-8(9)6-2/h8H,5-7,9H2,1-4H3. The molecule has 0 aliphatic heterocycles. The van der Waals surface area contributed by atoms with Gasteiger partial charge in [-0.25, -0.2) is 0 Å². The fraction of sp³-hybridized carbons (Fsp3) is 1.00. The maximum atomic E-state index is 5.69. The van der Waals surface area contributed by atoms with Crippen molar-refractivity contribution in [1.29, 1.82) is 0 Å². The Morgan fingerprint density at radius 3 is 2.08 bits per heavy atom. The summed E-state index contributed by atoms with van der Waals surface area (Å²) in [6.07, 6.45) is 1.47. The summed E-state index contributed by atoms with van der Waals surface area (Å²) >= 11 is 0. The summed E-state index contributed by atoms with van der Waals surface area (Å²) in [5.74, 6) is 0. The van der Waals surface area contributed by atoms with Crippen molar-refractivity contribution in [3.8, 4) is 0 Å². The minimum Gasteiger partial charge on any atom is -0.377 e. The molecule has 0 aliphatic rings. The first kappa shape index (κ1) is 13.1. The third kappa shape index (κ3) is 4.19. The van der Waals surface area contributed by atoms with Crippen LogP contribution in [0, 0.1) is 0 Å². The molecule has 0 aromatic rings. The van der Waals surface area contributed by atoms with Gasteiger partial charge in [-0.15, -0.1) is 0 Å². The van der Waals surface area contributed by atoms with E-state index in [0.717, 1.165) is 18.9 Å². The van der Waals surface area contributed by atoms with E-state index in [4.69, 9.17) is 19.0 Å². The predicted octanol–water partition coefficient (Wildman–Crippen LogP) is 1.34. The number of nitrogens with two attached hydrogens (primary N) is 1. The van der Waals surface area contributed by atoms with Crippen molar-refractivity contribution < 1.29 is 13.3 Å². The molecule has 0 aromatic carbocycles. The van der Waals surface area contributed by atoms with Crippen LogP contribution in [0.1, 0.15) is 26.7 Å². The molecule has 0 radical (unpaired) electrons. The van der Waals surface area contributed by atoms with Gasteiger partial charge in [0.25, 0.3) is 0 Å². The van der Waals surface area contributed by atoms with Gasteiger partial charge >= 0.3 is 8.80 Å². The van der Waals surface area contributed by atoms with Crippen LogP contribution in [-0.4, -0.2) is 29.3 Å². The Kier molecular flexibility index (Phi) is 6.53. The fourth-order valence-corrected chi connectivity index (χ4v) is 3.19. The van der Waals surface area contributed by atoms with Crippen molar-refractivity contribution in [2.75, 3.05) is 14.2 Å². The summed E-state index contributed by atoms with van der Waals surface area (Å²) in [6.45, 7) is 4.04. The molecule has 0 heterocycles. The average Bonchev–Trinajstić information content (AvgIpc) is 2.17. The summed E-state index contributed by atoms with van der Waals surface area (Å²) in [5, 5.41) is 0. The van der Waals surface area contributed by atoms with Crippen LogP contribution in [0.15, 0.2) is 0 Å². The zero-order chi connectivity index (χ0) is 10.3. The Morgan fingerprint density at radius 1 is 1.23 bits per heavy atom. The largest absolute Gasteiger partial charge is 0.501 e. The van der Waals surface area contributed by atoms with Crippen molar-refractivity contribution in [2.24, 2.45) is 5.73 Å². The maximum Gasteiger partial charge on any atom is 0.501 e. The Morgan fingerprint density at radius 2 is 1.77 bits per heavy atom. The lowest BCUT2D eigenvalue weighted by Gasteiger charge is -2.28. The van der Waals surface area contributed by atoms with E-state index >= 15 is 0 Å². The van der Waals surface area contributed by atoms with Gasteiger partial charge in [-0.3, -0.25) is 0 Å². The third-order valence-electron chi connectivity index (χ3n) is 1.91. The fourth-order valence-electron chi connectivity index (χ4n) is 1.06. The number of hydrogen-bond acceptors (Lipinski definition) is 4.